The molecule has 1 saturated carbocycles. The lowest BCUT2D eigenvalue weighted by atomic mass is 10.2. The van der Waals surface area contributed by atoms with E-state index in [1.807, 2.05) is 36.5 Å². The molecular formula is C17H18IN3O3. The van der Waals surface area contributed by atoms with Crippen molar-refractivity contribution in [1.29, 1.82) is 0 Å². The average molecular weight is 439 g/mol. The zero-order valence-corrected chi connectivity index (χ0v) is 15.2. The number of anilines is 1. The second-order valence-electron chi connectivity index (χ2n) is 5.78. The van der Waals surface area contributed by atoms with Gasteiger partial charge in [-0.15, -0.1) is 0 Å². The third kappa shape index (κ3) is 4.73. The van der Waals surface area contributed by atoms with Gasteiger partial charge in [0.1, 0.15) is 12.3 Å². The number of amides is 1. The Balaban J connectivity index is 1.56. The van der Waals surface area contributed by atoms with Crippen LogP contribution in [0.5, 0.6) is 0 Å². The van der Waals surface area contributed by atoms with E-state index >= 15 is 0 Å². The van der Waals surface area contributed by atoms with Gasteiger partial charge in [-0.05, 0) is 53.0 Å². The normalized spacial score (nSPS) is 13.4. The van der Waals surface area contributed by atoms with Crippen molar-refractivity contribution in [1.82, 2.24) is 9.99 Å². The molecule has 0 atom stereocenters. The van der Waals surface area contributed by atoms with E-state index in [1.54, 1.807) is 10.6 Å². The molecule has 24 heavy (non-hydrogen) atoms. The molecule has 6 nitrogen and oxygen atoms in total. The molecule has 1 amide bonds. The monoisotopic (exact) mass is 439 g/mol. The van der Waals surface area contributed by atoms with Crippen LogP contribution in [-0.4, -0.2) is 10.7 Å². The maximum absolute atomic E-state index is 12.4. The highest BCUT2D eigenvalue weighted by Crippen LogP contribution is 2.30. The fourth-order valence-electron chi connectivity index (χ4n) is 2.28. The van der Waals surface area contributed by atoms with E-state index in [2.05, 4.69) is 33.4 Å². The SMILES string of the molecule is O=C(NNc1cc(I)cn(CC2CC2)c1=O)OCc1ccccc1. The van der Waals surface area contributed by atoms with Gasteiger partial charge < -0.3 is 9.30 Å². The minimum atomic E-state index is -0.633. The van der Waals surface area contributed by atoms with Gasteiger partial charge in [-0.1, -0.05) is 30.3 Å². The average Bonchev–Trinajstić information content (AvgIpc) is 3.39. The summed E-state index contributed by atoms with van der Waals surface area (Å²) in [4.78, 5) is 24.1. The molecule has 2 aromatic rings. The highest BCUT2D eigenvalue weighted by molar-refractivity contribution is 14.1. The molecule has 126 valence electrons. The molecule has 1 aliphatic rings. The number of pyridine rings is 1. The zero-order chi connectivity index (χ0) is 16.9. The van der Waals surface area contributed by atoms with Gasteiger partial charge in [0.05, 0.1) is 0 Å². The van der Waals surface area contributed by atoms with Gasteiger partial charge >= 0.3 is 6.09 Å². The number of nitrogens with zero attached hydrogens (tertiary/aromatic N) is 1. The summed E-state index contributed by atoms with van der Waals surface area (Å²) < 4.78 is 7.72. The summed E-state index contributed by atoms with van der Waals surface area (Å²) >= 11 is 2.15. The van der Waals surface area contributed by atoms with Gasteiger partial charge in [0.15, 0.2) is 0 Å². The van der Waals surface area contributed by atoms with Crippen molar-refractivity contribution in [3.63, 3.8) is 0 Å². The molecule has 0 unspecified atom stereocenters. The number of rotatable bonds is 6. The minimum Gasteiger partial charge on any atom is -0.443 e. The number of carbonyl (C=O) groups excluding carboxylic acids is 1. The Morgan fingerprint density at radius 2 is 2.04 bits per heavy atom. The van der Waals surface area contributed by atoms with Crippen LogP contribution in [0.2, 0.25) is 0 Å². The Bertz CT molecular complexity index is 772. The fraction of sp³-hybridized carbons (Fsp3) is 0.294. The second-order valence-corrected chi connectivity index (χ2v) is 7.03. The second kappa shape index (κ2) is 7.69. The van der Waals surface area contributed by atoms with Crippen LogP contribution in [0.15, 0.2) is 47.4 Å². The van der Waals surface area contributed by atoms with Crippen LogP contribution in [0.4, 0.5) is 10.5 Å². The first-order valence-electron chi connectivity index (χ1n) is 7.74. The van der Waals surface area contributed by atoms with Crippen molar-refractivity contribution >= 4 is 34.4 Å². The van der Waals surface area contributed by atoms with Crippen LogP contribution in [0.3, 0.4) is 0 Å². The van der Waals surface area contributed by atoms with Crippen LogP contribution in [0.25, 0.3) is 0 Å². The lowest BCUT2D eigenvalue weighted by Crippen LogP contribution is -2.34. The summed E-state index contributed by atoms with van der Waals surface area (Å²) in [5.74, 6) is 0.595. The molecule has 0 spiro atoms. The number of halogens is 1. The van der Waals surface area contributed by atoms with Crippen LogP contribution < -0.4 is 16.4 Å². The minimum absolute atomic E-state index is 0.148. The lowest BCUT2D eigenvalue weighted by Gasteiger charge is -2.12. The van der Waals surface area contributed by atoms with Crippen molar-refractivity contribution in [3.05, 3.63) is 62.1 Å². The predicted molar refractivity (Wildman–Crippen MR) is 99.5 cm³/mol. The van der Waals surface area contributed by atoms with Gasteiger partial charge in [-0.25, -0.2) is 10.2 Å². The van der Waals surface area contributed by atoms with Gasteiger partial charge in [0.25, 0.3) is 5.56 Å². The topological polar surface area (TPSA) is 72.4 Å². The third-order valence-corrected chi connectivity index (χ3v) is 4.31. The first-order valence-corrected chi connectivity index (χ1v) is 8.82. The standard InChI is InChI=1S/C17H18IN3O3/c18-14-8-15(16(22)21(10-14)9-12-6-7-12)19-20-17(23)24-11-13-4-2-1-3-5-13/h1-5,8,10,12,19H,6-7,9,11H2,(H,20,23). The van der Waals surface area contributed by atoms with Crippen molar-refractivity contribution in [2.24, 2.45) is 5.92 Å². The Hall–Kier alpha value is -2.03. The highest BCUT2D eigenvalue weighted by atomic mass is 127. The van der Waals surface area contributed by atoms with E-state index in [-0.39, 0.29) is 12.2 Å². The Labute approximate surface area is 153 Å². The first-order chi connectivity index (χ1) is 11.6. The molecular weight excluding hydrogens is 421 g/mol. The number of hydrazine groups is 1. The Morgan fingerprint density at radius 3 is 2.75 bits per heavy atom. The van der Waals surface area contributed by atoms with Crippen LogP contribution in [-0.2, 0) is 17.9 Å². The van der Waals surface area contributed by atoms with E-state index in [0.717, 1.165) is 15.7 Å². The summed E-state index contributed by atoms with van der Waals surface area (Å²) in [7, 11) is 0. The number of hydrogen-bond acceptors (Lipinski definition) is 4. The molecule has 1 fully saturated rings. The summed E-state index contributed by atoms with van der Waals surface area (Å²) in [6.07, 6.45) is 3.54. The molecule has 1 heterocycles. The van der Waals surface area contributed by atoms with Crippen molar-refractivity contribution in [2.75, 3.05) is 5.43 Å². The molecule has 3 rings (SSSR count). The molecule has 0 radical (unpaired) electrons. The van der Waals surface area contributed by atoms with Gasteiger partial charge in [0, 0.05) is 16.3 Å². The van der Waals surface area contributed by atoms with Gasteiger partial charge in [0.2, 0.25) is 0 Å². The Kier molecular flexibility index (Phi) is 5.39. The quantitative estimate of drug-likeness (QED) is 0.536. The van der Waals surface area contributed by atoms with Crippen LogP contribution in [0, 0.1) is 9.49 Å². The van der Waals surface area contributed by atoms with Crippen molar-refractivity contribution in [2.45, 2.75) is 26.0 Å². The smallest absolute Gasteiger partial charge is 0.426 e. The largest absolute Gasteiger partial charge is 0.443 e. The Morgan fingerprint density at radius 1 is 1.29 bits per heavy atom. The summed E-state index contributed by atoms with van der Waals surface area (Å²) in [5.41, 5.74) is 6.15. The molecule has 1 aromatic carbocycles. The highest BCUT2D eigenvalue weighted by Gasteiger charge is 2.22. The lowest BCUT2D eigenvalue weighted by molar-refractivity contribution is 0.142. The van der Waals surface area contributed by atoms with Crippen molar-refractivity contribution in [3.8, 4) is 0 Å². The maximum Gasteiger partial charge on any atom is 0.426 e. The number of aromatic nitrogens is 1. The number of hydrogen-bond donors (Lipinski definition) is 2. The molecule has 0 bridgehead atoms. The molecule has 7 heteroatoms. The molecule has 0 saturated heterocycles. The van der Waals surface area contributed by atoms with Crippen molar-refractivity contribution < 1.29 is 9.53 Å². The summed E-state index contributed by atoms with van der Waals surface area (Å²) in [6, 6.07) is 11.1. The van der Waals surface area contributed by atoms with Gasteiger partial charge in [-0.3, -0.25) is 10.2 Å². The fourth-order valence-corrected chi connectivity index (χ4v) is 2.93. The number of benzene rings is 1. The van der Waals surface area contributed by atoms with E-state index in [1.165, 1.54) is 12.8 Å². The summed E-state index contributed by atoms with van der Waals surface area (Å²) in [5, 5.41) is 0. The number of carbonyl (C=O) groups is 1. The van der Waals surface area contributed by atoms with Gasteiger partial charge in [-0.2, -0.15) is 0 Å². The van der Waals surface area contributed by atoms with E-state index in [0.29, 0.717) is 11.6 Å². The van der Waals surface area contributed by atoms with E-state index in [4.69, 9.17) is 4.74 Å². The first kappa shape index (κ1) is 16.8. The molecule has 0 aliphatic heterocycles. The molecule has 1 aliphatic carbocycles. The maximum atomic E-state index is 12.4. The number of ether oxygens (including phenoxy) is 1. The van der Waals surface area contributed by atoms with Crippen LogP contribution >= 0.6 is 22.6 Å². The molecule has 1 aromatic heterocycles. The molecule has 2 N–H and O–H groups in total. The van der Waals surface area contributed by atoms with Crippen LogP contribution in [0.1, 0.15) is 18.4 Å². The summed E-state index contributed by atoms with van der Waals surface area (Å²) in [6.45, 7) is 0.898. The predicted octanol–water partition coefficient (Wildman–Crippen LogP) is 3.12. The van der Waals surface area contributed by atoms with E-state index in [9.17, 15) is 9.59 Å². The van der Waals surface area contributed by atoms with E-state index < -0.39 is 6.09 Å². The number of nitrogens with one attached hydrogen (secondary N) is 2. The third-order valence-electron chi connectivity index (χ3n) is 3.72. The zero-order valence-electron chi connectivity index (χ0n) is 13.0.